The first kappa shape index (κ1) is 16.0. The minimum absolute atomic E-state index is 0.145. The van der Waals surface area contributed by atoms with E-state index < -0.39 is 0 Å². The first-order valence-electron chi connectivity index (χ1n) is 7.37. The highest BCUT2D eigenvalue weighted by Crippen LogP contribution is 2.35. The SMILES string of the molecule is CCCNC(c1cnc(C)s1)c1c(C)cc(C)cc1OC. The van der Waals surface area contributed by atoms with Crippen LogP contribution in [0.15, 0.2) is 18.3 Å². The zero-order chi connectivity index (χ0) is 15.4. The summed E-state index contributed by atoms with van der Waals surface area (Å²) >= 11 is 1.74. The van der Waals surface area contributed by atoms with E-state index in [1.165, 1.54) is 21.6 Å². The van der Waals surface area contributed by atoms with E-state index in [0.717, 1.165) is 23.7 Å². The number of nitrogens with zero attached hydrogens (tertiary/aromatic N) is 1. The Labute approximate surface area is 131 Å². The summed E-state index contributed by atoms with van der Waals surface area (Å²) < 4.78 is 5.64. The van der Waals surface area contributed by atoms with Crippen LogP contribution in [0.5, 0.6) is 5.75 Å². The summed E-state index contributed by atoms with van der Waals surface area (Å²) in [6, 6.07) is 4.47. The van der Waals surface area contributed by atoms with Gasteiger partial charge in [-0.05, 0) is 50.9 Å². The number of nitrogens with one attached hydrogen (secondary N) is 1. The van der Waals surface area contributed by atoms with Crippen molar-refractivity contribution in [2.45, 2.75) is 40.2 Å². The van der Waals surface area contributed by atoms with Crippen molar-refractivity contribution in [2.24, 2.45) is 0 Å². The summed E-state index contributed by atoms with van der Waals surface area (Å²) in [5, 5.41) is 4.74. The Bertz CT molecular complexity index is 607. The fraction of sp³-hybridized carbons (Fsp3) is 0.471. The molecule has 3 nitrogen and oxygen atoms in total. The number of aromatic nitrogens is 1. The van der Waals surface area contributed by atoms with Gasteiger partial charge in [0.15, 0.2) is 0 Å². The smallest absolute Gasteiger partial charge is 0.124 e. The Balaban J connectivity index is 2.50. The molecule has 0 amide bonds. The number of benzene rings is 1. The lowest BCUT2D eigenvalue weighted by atomic mass is 9.97. The fourth-order valence-electron chi connectivity index (χ4n) is 2.62. The van der Waals surface area contributed by atoms with Gasteiger partial charge in [-0.3, -0.25) is 0 Å². The molecule has 0 saturated carbocycles. The molecule has 2 aromatic rings. The number of rotatable bonds is 6. The summed E-state index contributed by atoms with van der Waals surface area (Å²) in [6.45, 7) is 9.45. The van der Waals surface area contributed by atoms with Crippen LogP contribution in [-0.4, -0.2) is 18.6 Å². The summed E-state index contributed by atoms with van der Waals surface area (Å²) in [5.41, 5.74) is 3.70. The number of thiazole rings is 1. The van der Waals surface area contributed by atoms with Crippen molar-refractivity contribution in [1.82, 2.24) is 10.3 Å². The van der Waals surface area contributed by atoms with E-state index in [9.17, 15) is 0 Å². The van der Waals surface area contributed by atoms with Crippen LogP contribution in [-0.2, 0) is 0 Å². The Morgan fingerprint density at radius 2 is 2.05 bits per heavy atom. The van der Waals surface area contributed by atoms with Gasteiger partial charge in [-0.2, -0.15) is 0 Å². The quantitative estimate of drug-likeness (QED) is 0.870. The maximum atomic E-state index is 5.64. The second kappa shape index (κ2) is 7.05. The van der Waals surface area contributed by atoms with Crippen molar-refractivity contribution in [3.8, 4) is 5.75 Å². The normalized spacial score (nSPS) is 12.4. The molecule has 0 bridgehead atoms. The number of methoxy groups -OCH3 is 1. The molecule has 4 heteroatoms. The number of ether oxygens (including phenoxy) is 1. The second-order valence-corrected chi connectivity index (χ2v) is 6.63. The Morgan fingerprint density at radius 3 is 2.62 bits per heavy atom. The topological polar surface area (TPSA) is 34.2 Å². The third-order valence-corrected chi connectivity index (χ3v) is 4.50. The van der Waals surface area contributed by atoms with E-state index in [1.807, 2.05) is 13.1 Å². The number of hydrogen-bond donors (Lipinski definition) is 1. The lowest BCUT2D eigenvalue weighted by molar-refractivity contribution is 0.403. The molecule has 1 atom stereocenters. The largest absolute Gasteiger partial charge is 0.496 e. The molecular weight excluding hydrogens is 280 g/mol. The van der Waals surface area contributed by atoms with Gasteiger partial charge < -0.3 is 10.1 Å². The van der Waals surface area contributed by atoms with Crippen LogP contribution < -0.4 is 10.1 Å². The van der Waals surface area contributed by atoms with Crippen LogP contribution in [0.4, 0.5) is 0 Å². The van der Waals surface area contributed by atoms with Crippen molar-refractivity contribution in [1.29, 1.82) is 0 Å². The minimum Gasteiger partial charge on any atom is -0.496 e. The van der Waals surface area contributed by atoms with Crippen LogP contribution in [0.3, 0.4) is 0 Å². The molecule has 114 valence electrons. The predicted octanol–water partition coefficient (Wildman–Crippen LogP) is 4.17. The maximum Gasteiger partial charge on any atom is 0.124 e. The van der Waals surface area contributed by atoms with Crippen molar-refractivity contribution < 1.29 is 4.74 Å². The van der Waals surface area contributed by atoms with Crippen molar-refractivity contribution in [3.63, 3.8) is 0 Å². The van der Waals surface area contributed by atoms with Crippen LogP contribution >= 0.6 is 11.3 Å². The number of hydrogen-bond acceptors (Lipinski definition) is 4. The molecule has 2 rings (SSSR count). The third-order valence-electron chi connectivity index (χ3n) is 3.52. The lowest BCUT2D eigenvalue weighted by Crippen LogP contribution is -2.23. The van der Waals surface area contributed by atoms with Gasteiger partial charge in [0.1, 0.15) is 5.75 Å². The Morgan fingerprint density at radius 1 is 1.29 bits per heavy atom. The van der Waals surface area contributed by atoms with Crippen LogP contribution in [0, 0.1) is 20.8 Å². The highest BCUT2D eigenvalue weighted by atomic mass is 32.1. The Kier molecular flexibility index (Phi) is 5.37. The van der Waals surface area contributed by atoms with E-state index in [2.05, 4.69) is 43.2 Å². The second-order valence-electron chi connectivity index (χ2n) is 5.37. The van der Waals surface area contributed by atoms with Gasteiger partial charge >= 0.3 is 0 Å². The highest BCUT2D eigenvalue weighted by molar-refractivity contribution is 7.11. The van der Waals surface area contributed by atoms with E-state index >= 15 is 0 Å². The standard InChI is InChI=1S/C17H24N2OS/c1-6-7-18-17(15-10-19-13(4)21-15)16-12(3)8-11(2)9-14(16)20-5/h8-10,17-18H,6-7H2,1-5H3. The summed E-state index contributed by atoms with van der Waals surface area (Å²) in [7, 11) is 1.74. The third kappa shape index (κ3) is 3.63. The monoisotopic (exact) mass is 304 g/mol. The van der Waals surface area contributed by atoms with Crippen LogP contribution in [0.1, 0.15) is 46.0 Å². The van der Waals surface area contributed by atoms with Gasteiger partial charge in [-0.1, -0.05) is 13.0 Å². The molecule has 0 radical (unpaired) electrons. The molecular formula is C17H24N2OS. The molecule has 0 saturated heterocycles. The molecule has 21 heavy (non-hydrogen) atoms. The molecule has 1 N–H and O–H groups in total. The van der Waals surface area contributed by atoms with Gasteiger partial charge in [0.2, 0.25) is 0 Å². The number of aryl methyl sites for hydroxylation is 3. The molecule has 0 aliphatic rings. The van der Waals surface area contributed by atoms with Gasteiger partial charge in [0, 0.05) is 16.6 Å². The van der Waals surface area contributed by atoms with Crippen molar-refractivity contribution >= 4 is 11.3 Å². The first-order valence-corrected chi connectivity index (χ1v) is 8.19. The van der Waals surface area contributed by atoms with Crippen molar-refractivity contribution in [2.75, 3.05) is 13.7 Å². The zero-order valence-electron chi connectivity index (χ0n) is 13.5. The zero-order valence-corrected chi connectivity index (χ0v) is 14.3. The molecule has 1 aromatic heterocycles. The maximum absolute atomic E-state index is 5.64. The molecule has 1 unspecified atom stereocenters. The van der Waals surface area contributed by atoms with E-state index in [-0.39, 0.29) is 6.04 Å². The van der Waals surface area contributed by atoms with Gasteiger partial charge in [0.05, 0.1) is 18.2 Å². The highest BCUT2D eigenvalue weighted by Gasteiger charge is 2.22. The van der Waals surface area contributed by atoms with E-state index in [0.29, 0.717) is 0 Å². The lowest BCUT2D eigenvalue weighted by Gasteiger charge is -2.22. The molecule has 0 spiro atoms. The van der Waals surface area contributed by atoms with Crippen molar-refractivity contribution in [3.05, 3.63) is 44.9 Å². The van der Waals surface area contributed by atoms with E-state index in [4.69, 9.17) is 4.74 Å². The molecule has 0 aliphatic heterocycles. The summed E-state index contributed by atoms with van der Waals surface area (Å²) in [5.74, 6) is 0.951. The van der Waals surface area contributed by atoms with Crippen LogP contribution in [0.25, 0.3) is 0 Å². The minimum atomic E-state index is 0.145. The van der Waals surface area contributed by atoms with Crippen LogP contribution in [0.2, 0.25) is 0 Å². The first-order chi connectivity index (χ1) is 10.1. The Hall–Kier alpha value is -1.39. The average molecular weight is 304 g/mol. The van der Waals surface area contributed by atoms with E-state index in [1.54, 1.807) is 18.4 Å². The summed E-state index contributed by atoms with van der Waals surface area (Å²) in [6.07, 6.45) is 3.08. The molecule has 1 heterocycles. The predicted molar refractivity (Wildman–Crippen MR) is 89.5 cm³/mol. The average Bonchev–Trinajstić information content (AvgIpc) is 2.87. The molecule has 1 aromatic carbocycles. The molecule has 0 aliphatic carbocycles. The van der Waals surface area contributed by atoms with Gasteiger partial charge in [-0.15, -0.1) is 11.3 Å². The molecule has 0 fully saturated rings. The fourth-order valence-corrected chi connectivity index (χ4v) is 3.49. The van der Waals surface area contributed by atoms with Gasteiger partial charge in [-0.25, -0.2) is 4.98 Å². The summed E-state index contributed by atoms with van der Waals surface area (Å²) in [4.78, 5) is 5.65. The van der Waals surface area contributed by atoms with Gasteiger partial charge in [0.25, 0.3) is 0 Å².